The Labute approximate surface area is 145 Å². The zero-order valence-electron chi connectivity index (χ0n) is 13.4. The van der Waals surface area contributed by atoms with Crippen LogP contribution in [-0.4, -0.2) is 5.12 Å². The minimum Gasteiger partial charge on any atom is -0.282 e. The van der Waals surface area contributed by atoms with E-state index in [9.17, 15) is 4.79 Å². The van der Waals surface area contributed by atoms with Crippen LogP contribution in [0, 0.1) is 32.6 Å². The van der Waals surface area contributed by atoms with E-state index in [4.69, 9.17) is 0 Å². The van der Waals surface area contributed by atoms with Crippen LogP contribution in [0.1, 0.15) is 33.5 Å². The lowest BCUT2D eigenvalue weighted by Crippen LogP contribution is -1.98. The van der Waals surface area contributed by atoms with Crippen molar-refractivity contribution in [1.29, 1.82) is 0 Å². The highest BCUT2D eigenvalue weighted by Gasteiger charge is 2.06. The van der Waals surface area contributed by atoms with Crippen molar-refractivity contribution >= 4 is 17.7 Å². The summed E-state index contributed by atoms with van der Waals surface area (Å²) >= 11 is 3.92. The molecule has 0 aliphatic heterocycles. The summed E-state index contributed by atoms with van der Waals surface area (Å²) in [6.45, 7) is 2.11. The molecule has 0 heterocycles. The van der Waals surface area contributed by atoms with Crippen LogP contribution in [0.15, 0.2) is 48.5 Å². The number of carbonyl (C=O) groups is 1. The third-order valence-corrected chi connectivity index (χ3v) is 3.48. The molecular formula is C21H22OS. The number of thiol groups is 1. The summed E-state index contributed by atoms with van der Waals surface area (Å²) in [5.74, 6) is 0. The molecular weight excluding hydrogens is 300 g/mol. The van der Waals surface area contributed by atoms with E-state index in [2.05, 4.69) is 69.5 Å². The molecule has 0 fully saturated rings. The Hall–Kier alpha value is -2.42. The SMILES string of the molecule is C#C.C#C.Cc1cccc(CCCc2ccccc2C(=O)S)c1. The van der Waals surface area contributed by atoms with Gasteiger partial charge in [-0.15, -0.1) is 38.3 Å². The predicted molar refractivity (Wildman–Crippen MR) is 103 cm³/mol. The Kier molecular flexibility index (Phi) is 10.9. The Morgan fingerprint density at radius 2 is 1.61 bits per heavy atom. The Balaban J connectivity index is 0.00000112. The number of aryl methyl sites for hydroxylation is 3. The molecule has 0 amide bonds. The summed E-state index contributed by atoms with van der Waals surface area (Å²) in [7, 11) is 0. The molecule has 0 spiro atoms. The number of benzene rings is 2. The number of hydrogen-bond donors (Lipinski definition) is 1. The Bertz CT molecular complexity index is 647. The van der Waals surface area contributed by atoms with Crippen LogP contribution in [0.25, 0.3) is 0 Å². The fraction of sp³-hybridized carbons (Fsp3) is 0.190. The molecule has 0 unspecified atom stereocenters. The molecule has 2 aromatic rings. The number of carbonyl (C=O) groups excluding carboxylic acids is 1. The molecule has 0 radical (unpaired) electrons. The van der Waals surface area contributed by atoms with E-state index in [-0.39, 0.29) is 5.12 Å². The number of hydrogen-bond acceptors (Lipinski definition) is 1. The van der Waals surface area contributed by atoms with E-state index in [1.165, 1.54) is 11.1 Å². The van der Waals surface area contributed by atoms with Crippen molar-refractivity contribution in [2.45, 2.75) is 26.2 Å². The maximum absolute atomic E-state index is 11.4. The standard InChI is InChI=1S/C17H18OS.2C2H2/c1-13-6-4-7-14(12-13)8-5-10-15-9-2-3-11-16(15)17(18)19;2*1-2/h2-4,6-7,9,11-12H,5,8,10H2,1H3,(H,18,19);2*1-2H. The van der Waals surface area contributed by atoms with E-state index >= 15 is 0 Å². The van der Waals surface area contributed by atoms with Gasteiger partial charge in [-0.1, -0.05) is 54.1 Å². The van der Waals surface area contributed by atoms with Crippen LogP contribution in [0.5, 0.6) is 0 Å². The smallest absolute Gasteiger partial charge is 0.216 e. The number of terminal acetylenes is 2. The van der Waals surface area contributed by atoms with E-state index < -0.39 is 0 Å². The van der Waals surface area contributed by atoms with Crippen molar-refractivity contribution in [3.63, 3.8) is 0 Å². The average Bonchev–Trinajstić information content (AvgIpc) is 2.59. The second-order valence-electron chi connectivity index (χ2n) is 4.80. The lowest BCUT2D eigenvalue weighted by atomic mass is 10.00. The minimum absolute atomic E-state index is 0.147. The third kappa shape index (κ3) is 7.41. The van der Waals surface area contributed by atoms with Crippen molar-refractivity contribution < 1.29 is 4.79 Å². The van der Waals surface area contributed by atoms with Crippen LogP contribution in [0.2, 0.25) is 0 Å². The second-order valence-corrected chi connectivity index (χ2v) is 5.21. The highest BCUT2D eigenvalue weighted by Crippen LogP contribution is 2.15. The van der Waals surface area contributed by atoms with Gasteiger partial charge >= 0.3 is 0 Å². The fourth-order valence-corrected chi connectivity index (χ4v) is 2.52. The van der Waals surface area contributed by atoms with E-state index in [0.29, 0.717) is 0 Å². The van der Waals surface area contributed by atoms with Crippen LogP contribution in [0.3, 0.4) is 0 Å². The van der Waals surface area contributed by atoms with Gasteiger partial charge in [0.2, 0.25) is 5.12 Å². The Morgan fingerprint density at radius 1 is 0.957 bits per heavy atom. The highest BCUT2D eigenvalue weighted by molar-refractivity contribution is 7.97. The van der Waals surface area contributed by atoms with Gasteiger partial charge in [0.25, 0.3) is 0 Å². The van der Waals surface area contributed by atoms with Gasteiger partial charge in [0.15, 0.2) is 0 Å². The van der Waals surface area contributed by atoms with E-state index in [0.717, 1.165) is 30.4 Å². The lowest BCUT2D eigenvalue weighted by Gasteiger charge is -2.07. The normalized spacial score (nSPS) is 8.78. The monoisotopic (exact) mass is 322 g/mol. The number of rotatable bonds is 5. The zero-order chi connectivity index (χ0) is 17.7. The Morgan fingerprint density at radius 3 is 2.22 bits per heavy atom. The summed E-state index contributed by atoms with van der Waals surface area (Å²) in [4.78, 5) is 11.4. The molecule has 0 saturated carbocycles. The van der Waals surface area contributed by atoms with Crippen molar-refractivity contribution in [2.24, 2.45) is 0 Å². The largest absolute Gasteiger partial charge is 0.282 e. The topological polar surface area (TPSA) is 17.1 Å². The molecule has 0 aliphatic carbocycles. The van der Waals surface area contributed by atoms with Gasteiger partial charge in [0.1, 0.15) is 0 Å². The first-order valence-electron chi connectivity index (χ1n) is 7.20. The van der Waals surface area contributed by atoms with Crippen molar-refractivity contribution in [3.05, 3.63) is 70.8 Å². The van der Waals surface area contributed by atoms with Gasteiger partial charge in [0.05, 0.1) is 0 Å². The average molecular weight is 322 g/mol. The van der Waals surface area contributed by atoms with Gasteiger partial charge in [-0.2, -0.15) is 0 Å². The summed E-state index contributed by atoms with van der Waals surface area (Å²) in [6, 6.07) is 16.3. The molecule has 0 saturated heterocycles. The third-order valence-electron chi connectivity index (χ3n) is 3.24. The minimum atomic E-state index is -0.147. The first-order chi connectivity index (χ1) is 11.2. The van der Waals surface area contributed by atoms with E-state index in [1.807, 2.05) is 24.3 Å². The van der Waals surface area contributed by atoms with Crippen LogP contribution >= 0.6 is 12.6 Å². The van der Waals surface area contributed by atoms with Gasteiger partial charge < -0.3 is 0 Å². The van der Waals surface area contributed by atoms with Crippen LogP contribution in [-0.2, 0) is 12.8 Å². The van der Waals surface area contributed by atoms with Gasteiger partial charge in [-0.05, 0) is 37.3 Å². The predicted octanol–water partition coefficient (Wildman–Crippen LogP) is 4.74. The molecule has 0 bridgehead atoms. The van der Waals surface area contributed by atoms with Gasteiger partial charge in [-0.3, -0.25) is 4.79 Å². The molecule has 2 heteroatoms. The van der Waals surface area contributed by atoms with Gasteiger partial charge in [-0.25, -0.2) is 0 Å². The highest BCUT2D eigenvalue weighted by atomic mass is 32.1. The fourth-order valence-electron chi connectivity index (χ4n) is 2.30. The van der Waals surface area contributed by atoms with Crippen molar-refractivity contribution in [1.82, 2.24) is 0 Å². The zero-order valence-corrected chi connectivity index (χ0v) is 14.3. The molecule has 2 rings (SSSR count). The molecule has 0 aliphatic rings. The summed E-state index contributed by atoms with van der Waals surface area (Å²) < 4.78 is 0. The summed E-state index contributed by atoms with van der Waals surface area (Å²) in [5.41, 5.74) is 4.48. The maximum Gasteiger partial charge on any atom is 0.216 e. The van der Waals surface area contributed by atoms with Crippen LogP contribution in [0.4, 0.5) is 0 Å². The molecule has 0 N–H and O–H groups in total. The van der Waals surface area contributed by atoms with Gasteiger partial charge in [0, 0.05) is 5.56 Å². The van der Waals surface area contributed by atoms with E-state index in [1.54, 1.807) is 0 Å². The van der Waals surface area contributed by atoms with Crippen molar-refractivity contribution in [2.75, 3.05) is 0 Å². The molecule has 2 aromatic carbocycles. The maximum atomic E-state index is 11.4. The molecule has 0 aromatic heterocycles. The summed E-state index contributed by atoms with van der Waals surface area (Å²) in [6.07, 6.45) is 19.0. The summed E-state index contributed by atoms with van der Waals surface area (Å²) in [5, 5.41) is -0.147. The quantitative estimate of drug-likeness (QED) is 0.621. The first-order valence-corrected chi connectivity index (χ1v) is 7.65. The first kappa shape index (κ1) is 20.6. The molecule has 0 atom stereocenters. The lowest BCUT2D eigenvalue weighted by molar-refractivity contribution is 0.109. The van der Waals surface area contributed by atoms with Crippen LogP contribution < -0.4 is 0 Å². The second kappa shape index (κ2) is 12.2. The van der Waals surface area contributed by atoms with Crippen molar-refractivity contribution in [3.8, 4) is 25.7 Å². The molecule has 1 nitrogen and oxygen atoms in total. The molecule has 23 heavy (non-hydrogen) atoms. The molecule has 118 valence electrons.